The third kappa shape index (κ3) is 4.58. The van der Waals surface area contributed by atoms with Gasteiger partial charge in [-0.3, -0.25) is 4.79 Å². The molecule has 2 N–H and O–H groups in total. The molecule has 0 radical (unpaired) electrons. The van der Waals surface area contributed by atoms with Gasteiger partial charge in [-0.1, -0.05) is 58.4 Å². The second-order valence-corrected chi connectivity index (χ2v) is 8.81. The minimum absolute atomic E-state index is 0.196. The molecule has 1 atom stereocenters. The Morgan fingerprint density at radius 2 is 1.79 bits per heavy atom. The van der Waals surface area contributed by atoms with Crippen LogP contribution in [0.2, 0.25) is 0 Å². The molecule has 34 heavy (non-hydrogen) atoms. The van der Waals surface area contributed by atoms with Gasteiger partial charge in [0.25, 0.3) is 5.91 Å². The summed E-state index contributed by atoms with van der Waals surface area (Å²) in [6.07, 6.45) is 1.48. The SMILES string of the molecule is CC1=C(C(=O)Nc2ccccc2)[C@@H](c2ccc(OCc3ccc(Br)cc3)cc2)n2ncnc2N1. The number of nitrogens with zero attached hydrogens (tertiary/aromatic N) is 3. The molecule has 3 aromatic carbocycles. The number of ether oxygens (including phenoxy) is 1. The van der Waals surface area contributed by atoms with Crippen molar-refractivity contribution in [1.82, 2.24) is 14.8 Å². The summed E-state index contributed by atoms with van der Waals surface area (Å²) >= 11 is 3.44. The molecule has 0 saturated carbocycles. The molecule has 0 fully saturated rings. The summed E-state index contributed by atoms with van der Waals surface area (Å²) in [5, 5.41) is 10.6. The van der Waals surface area contributed by atoms with E-state index in [0.29, 0.717) is 18.1 Å². The number of nitrogens with one attached hydrogen (secondary N) is 2. The third-order valence-corrected chi connectivity index (χ3v) is 6.11. The lowest BCUT2D eigenvalue weighted by atomic mass is 9.95. The van der Waals surface area contributed by atoms with Crippen LogP contribution < -0.4 is 15.4 Å². The van der Waals surface area contributed by atoms with Crippen molar-refractivity contribution in [3.8, 4) is 5.75 Å². The van der Waals surface area contributed by atoms with Gasteiger partial charge in [-0.15, -0.1) is 0 Å². The molecular formula is C26H22BrN5O2. The van der Waals surface area contributed by atoms with Crippen LogP contribution in [-0.2, 0) is 11.4 Å². The Labute approximate surface area is 205 Å². The number of anilines is 2. The quantitative estimate of drug-likeness (QED) is 0.352. The average molecular weight is 516 g/mol. The topological polar surface area (TPSA) is 81.1 Å². The first-order valence-electron chi connectivity index (χ1n) is 10.8. The fourth-order valence-electron chi connectivity index (χ4n) is 3.91. The van der Waals surface area contributed by atoms with Crippen LogP contribution in [0.4, 0.5) is 11.6 Å². The highest BCUT2D eigenvalue weighted by Gasteiger charge is 2.33. The second kappa shape index (κ2) is 9.52. The highest BCUT2D eigenvalue weighted by Crippen LogP contribution is 2.35. The zero-order valence-corrected chi connectivity index (χ0v) is 20.0. The molecule has 7 nitrogen and oxygen atoms in total. The monoisotopic (exact) mass is 515 g/mol. The van der Waals surface area contributed by atoms with Crippen LogP contribution >= 0.6 is 15.9 Å². The molecule has 0 bridgehead atoms. The minimum atomic E-state index is -0.428. The number of halogens is 1. The maximum atomic E-state index is 13.3. The lowest BCUT2D eigenvalue weighted by Gasteiger charge is -2.28. The first-order chi connectivity index (χ1) is 16.6. The van der Waals surface area contributed by atoms with Crippen molar-refractivity contribution >= 4 is 33.5 Å². The Morgan fingerprint density at radius 1 is 1.06 bits per heavy atom. The third-order valence-electron chi connectivity index (χ3n) is 5.59. The maximum absolute atomic E-state index is 13.3. The van der Waals surface area contributed by atoms with Crippen LogP contribution in [0.3, 0.4) is 0 Å². The Balaban J connectivity index is 1.40. The number of para-hydroxylation sites is 1. The summed E-state index contributed by atoms with van der Waals surface area (Å²) < 4.78 is 8.71. The molecule has 8 heteroatoms. The van der Waals surface area contributed by atoms with Crippen LogP contribution in [0.25, 0.3) is 0 Å². The predicted molar refractivity (Wildman–Crippen MR) is 134 cm³/mol. The van der Waals surface area contributed by atoms with Crippen molar-refractivity contribution in [3.63, 3.8) is 0 Å². The molecule has 0 spiro atoms. The molecule has 0 unspecified atom stereocenters. The molecule has 1 amide bonds. The normalized spacial score (nSPS) is 14.8. The molecule has 170 valence electrons. The fraction of sp³-hybridized carbons (Fsp3) is 0.115. The lowest BCUT2D eigenvalue weighted by Crippen LogP contribution is -2.31. The number of amides is 1. The lowest BCUT2D eigenvalue weighted by molar-refractivity contribution is -0.113. The number of rotatable bonds is 6. The number of carbonyl (C=O) groups excluding carboxylic acids is 1. The van der Waals surface area contributed by atoms with E-state index in [0.717, 1.165) is 32.7 Å². The molecule has 0 aliphatic carbocycles. The van der Waals surface area contributed by atoms with Gasteiger partial charge in [0.2, 0.25) is 5.95 Å². The predicted octanol–water partition coefficient (Wildman–Crippen LogP) is 5.55. The van der Waals surface area contributed by atoms with Gasteiger partial charge in [-0.25, -0.2) is 4.68 Å². The summed E-state index contributed by atoms with van der Waals surface area (Å²) in [4.78, 5) is 17.6. The molecular weight excluding hydrogens is 494 g/mol. The molecule has 1 aliphatic rings. The Morgan fingerprint density at radius 3 is 2.53 bits per heavy atom. The highest BCUT2D eigenvalue weighted by atomic mass is 79.9. The summed E-state index contributed by atoms with van der Waals surface area (Å²) in [5.41, 5.74) is 4.02. The first kappa shape index (κ1) is 21.9. The average Bonchev–Trinajstić information content (AvgIpc) is 3.32. The van der Waals surface area contributed by atoms with E-state index >= 15 is 0 Å². The minimum Gasteiger partial charge on any atom is -0.489 e. The van der Waals surface area contributed by atoms with Crippen LogP contribution in [0.15, 0.2) is 101 Å². The molecule has 5 rings (SSSR count). The standard InChI is InChI=1S/C26H22BrN5O2/c1-17-23(25(33)31-21-5-3-2-4-6-21)24(32-26(30-17)28-16-29-32)19-9-13-22(14-10-19)34-15-18-7-11-20(27)12-8-18/h2-14,16,24H,15H2,1H3,(H,31,33)(H,28,29,30)/t24-/m1/s1. The van der Waals surface area contributed by atoms with E-state index in [4.69, 9.17) is 4.74 Å². The molecule has 1 aromatic heterocycles. The van der Waals surface area contributed by atoms with Gasteiger partial charge in [-0.05, 0) is 54.4 Å². The summed E-state index contributed by atoms with van der Waals surface area (Å²) in [5.74, 6) is 1.14. The van der Waals surface area contributed by atoms with Gasteiger partial charge in [0.05, 0.1) is 5.57 Å². The Hall–Kier alpha value is -3.91. The van der Waals surface area contributed by atoms with E-state index in [9.17, 15) is 4.79 Å². The molecule has 4 aromatic rings. The van der Waals surface area contributed by atoms with Gasteiger partial charge in [-0.2, -0.15) is 10.1 Å². The van der Waals surface area contributed by atoms with Crippen molar-refractivity contribution in [3.05, 3.63) is 112 Å². The number of hydrogen-bond acceptors (Lipinski definition) is 5. The van der Waals surface area contributed by atoms with E-state index in [2.05, 4.69) is 36.6 Å². The van der Waals surface area contributed by atoms with Crippen LogP contribution in [0.1, 0.15) is 24.1 Å². The Bertz CT molecular complexity index is 1330. The van der Waals surface area contributed by atoms with E-state index in [1.807, 2.05) is 85.8 Å². The number of benzene rings is 3. The van der Waals surface area contributed by atoms with Crippen molar-refractivity contribution in [2.75, 3.05) is 10.6 Å². The van der Waals surface area contributed by atoms with Crippen molar-refractivity contribution in [1.29, 1.82) is 0 Å². The maximum Gasteiger partial charge on any atom is 0.255 e. The smallest absolute Gasteiger partial charge is 0.255 e. The van der Waals surface area contributed by atoms with Crippen molar-refractivity contribution in [2.24, 2.45) is 0 Å². The zero-order chi connectivity index (χ0) is 23.5. The van der Waals surface area contributed by atoms with E-state index in [1.54, 1.807) is 4.68 Å². The zero-order valence-electron chi connectivity index (χ0n) is 18.4. The summed E-state index contributed by atoms with van der Waals surface area (Å²) in [6, 6.07) is 24.7. The highest BCUT2D eigenvalue weighted by molar-refractivity contribution is 9.10. The summed E-state index contributed by atoms with van der Waals surface area (Å²) in [7, 11) is 0. The van der Waals surface area contributed by atoms with Gasteiger partial charge in [0.15, 0.2) is 0 Å². The number of carbonyl (C=O) groups is 1. The number of allylic oxidation sites excluding steroid dienone is 1. The van der Waals surface area contributed by atoms with Crippen molar-refractivity contribution in [2.45, 2.75) is 19.6 Å². The number of aromatic nitrogens is 3. The van der Waals surface area contributed by atoms with Gasteiger partial charge >= 0.3 is 0 Å². The molecule has 1 aliphatic heterocycles. The van der Waals surface area contributed by atoms with Crippen LogP contribution in [0, 0.1) is 0 Å². The van der Waals surface area contributed by atoms with Crippen LogP contribution in [-0.4, -0.2) is 20.7 Å². The molecule has 2 heterocycles. The van der Waals surface area contributed by atoms with E-state index in [1.165, 1.54) is 6.33 Å². The van der Waals surface area contributed by atoms with Gasteiger partial charge in [0, 0.05) is 15.9 Å². The van der Waals surface area contributed by atoms with E-state index < -0.39 is 6.04 Å². The van der Waals surface area contributed by atoms with Gasteiger partial charge < -0.3 is 15.4 Å². The fourth-order valence-corrected chi connectivity index (χ4v) is 4.17. The van der Waals surface area contributed by atoms with E-state index in [-0.39, 0.29) is 5.91 Å². The number of hydrogen-bond donors (Lipinski definition) is 2. The number of fused-ring (bicyclic) bond motifs is 1. The van der Waals surface area contributed by atoms with Crippen molar-refractivity contribution < 1.29 is 9.53 Å². The largest absolute Gasteiger partial charge is 0.489 e. The molecule has 0 saturated heterocycles. The summed E-state index contributed by atoms with van der Waals surface area (Å²) in [6.45, 7) is 2.34. The second-order valence-electron chi connectivity index (χ2n) is 7.90. The van der Waals surface area contributed by atoms with Gasteiger partial charge in [0.1, 0.15) is 24.7 Å². The first-order valence-corrected chi connectivity index (χ1v) is 11.6. The van der Waals surface area contributed by atoms with Crippen LogP contribution in [0.5, 0.6) is 5.75 Å². The Kier molecular flexibility index (Phi) is 6.14.